The van der Waals surface area contributed by atoms with E-state index in [1.807, 2.05) is 0 Å². The predicted octanol–water partition coefficient (Wildman–Crippen LogP) is 25.7. The van der Waals surface area contributed by atoms with Crippen molar-refractivity contribution >= 4 is 39.5 Å². The molecule has 618 valence electrons. The van der Waals surface area contributed by atoms with Gasteiger partial charge in [0.25, 0.3) is 0 Å². The van der Waals surface area contributed by atoms with E-state index < -0.39 is 97.5 Å². The Morgan fingerprint density at radius 3 is 0.731 bits per heavy atom. The minimum atomic E-state index is -4.97. The highest BCUT2D eigenvalue weighted by Gasteiger charge is 2.30. The summed E-state index contributed by atoms with van der Waals surface area (Å²) in [6, 6.07) is 0. The Hall–Kier alpha value is -1.94. The highest BCUT2D eigenvalue weighted by molar-refractivity contribution is 7.47. The zero-order chi connectivity index (χ0) is 76.5. The summed E-state index contributed by atoms with van der Waals surface area (Å²) in [5.74, 6) is 0.317. The van der Waals surface area contributed by atoms with Crippen molar-refractivity contribution in [1.29, 1.82) is 0 Å². The Bertz CT molecular complexity index is 2010. The zero-order valence-electron chi connectivity index (χ0n) is 68.5. The lowest BCUT2D eigenvalue weighted by Crippen LogP contribution is -2.30. The van der Waals surface area contributed by atoms with Crippen LogP contribution in [0.3, 0.4) is 0 Å². The van der Waals surface area contributed by atoms with Crippen LogP contribution in [-0.2, 0) is 65.4 Å². The Balaban J connectivity index is 5.19. The lowest BCUT2D eigenvalue weighted by atomic mass is 9.99. The summed E-state index contributed by atoms with van der Waals surface area (Å²) in [5.41, 5.74) is 0. The van der Waals surface area contributed by atoms with Gasteiger partial charge in [-0.25, -0.2) is 9.13 Å². The molecule has 0 spiro atoms. The molecular formula is C85H166O17P2. The van der Waals surface area contributed by atoms with Crippen LogP contribution in [0, 0.1) is 17.8 Å². The van der Waals surface area contributed by atoms with Crippen molar-refractivity contribution in [3.05, 3.63) is 0 Å². The normalized spacial score (nSPS) is 14.4. The number of unbranched alkanes of at least 4 members (excludes halogenated alkanes) is 49. The van der Waals surface area contributed by atoms with Gasteiger partial charge in [-0.05, 0) is 43.4 Å². The van der Waals surface area contributed by atoms with Crippen molar-refractivity contribution in [2.75, 3.05) is 39.6 Å². The Labute approximate surface area is 638 Å². The number of rotatable bonds is 83. The first-order valence-corrected chi connectivity index (χ1v) is 46.9. The second-order valence-corrected chi connectivity index (χ2v) is 34.4. The molecule has 17 nitrogen and oxygen atoms in total. The van der Waals surface area contributed by atoms with Gasteiger partial charge in [0.2, 0.25) is 0 Å². The fourth-order valence-electron chi connectivity index (χ4n) is 13.1. The number of carbonyl (C=O) groups is 4. The van der Waals surface area contributed by atoms with Crippen molar-refractivity contribution in [2.45, 2.75) is 465 Å². The monoisotopic (exact) mass is 1520 g/mol. The highest BCUT2D eigenvalue weighted by atomic mass is 31.2. The molecule has 104 heavy (non-hydrogen) atoms. The van der Waals surface area contributed by atoms with Gasteiger partial charge >= 0.3 is 39.5 Å². The van der Waals surface area contributed by atoms with Gasteiger partial charge < -0.3 is 33.8 Å². The van der Waals surface area contributed by atoms with Gasteiger partial charge in [0.15, 0.2) is 12.2 Å². The second kappa shape index (κ2) is 75.1. The topological polar surface area (TPSA) is 237 Å². The van der Waals surface area contributed by atoms with Crippen LogP contribution in [0.15, 0.2) is 0 Å². The van der Waals surface area contributed by atoms with Crippen molar-refractivity contribution < 1.29 is 80.2 Å². The molecule has 0 heterocycles. The van der Waals surface area contributed by atoms with Crippen LogP contribution < -0.4 is 0 Å². The van der Waals surface area contributed by atoms with E-state index in [1.165, 1.54) is 250 Å². The van der Waals surface area contributed by atoms with Crippen LogP contribution in [0.4, 0.5) is 0 Å². The van der Waals surface area contributed by atoms with Crippen molar-refractivity contribution in [1.82, 2.24) is 0 Å². The molecule has 0 rings (SSSR count). The summed E-state index contributed by atoms with van der Waals surface area (Å²) in [4.78, 5) is 73.1. The van der Waals surface area contributed by atoms with Crippen LogP contribution in [0.1, 0.15) is 447 Å². The lowest BCUT2D eigenvalue weighted by molar-refractivity contribution is -0.161. The molecule has 0 aromatic rings. The van der Waals surface area contributed by atoms with Gasteiger partial charge in [0.1, 0.15) is 19.3 Å². The molecule has 0 amide bonds. The average Bonchev–Trinajstić information content (AvgIpc) is 0.906. The molecule has 0 aliphatic carbocycles. The third-order valence-electron chi connectivity index (χ3n) is 20.6. The molecule has 0 radical (unpaired) electrons. The molecular weight excluding hydrogens is 1350 g/mol. The van der Waals surface area contributed by atoms with Crippen LogP contribution in [0.5, 0.6) is 0 Å². The van der Waals surface area contributed by atoms with E-state index >= 15 is 0 Å². The number of hydrogen-bond acceptors (Lipinski definition) is 15. The van der Waals surface area contributed by atoms with Crippen LogP contribution in [0.2, 0.25) is 0 Å². The minimum Gasteiger partial charge on any atom is -0.462 e. The second-order valence-electron chi connectivity index (χ2n) is 31.5. The van der Waals surface area contributed by atoms with Gasteiger partial charge in [0, 0.05) is 25.7 Å². The number of aliphatic hydroxyl groups is 1. The quantitative estimate of drug-likeness (QED) is 0.0222. The number of hydrogen-bond donors (Lipinski definition) is 3. The van der Waals surface area contributed by atoms with Gasteiger partial charge in [-0.1, -0.05) is 395 Å². The number of phosphoric ester groups is 2. The smallest absolute Gasteiger partial charge is 0.462 e. The number of esters is 4. The number of ether oxygens (including phenoxy) is 4. The molecule has 0 saturated carbocycles. The van der Waals surface area contributed by atoms with E-state index in [0.29, 0.717) is 25.7 Å². The Morgan fingerprint density at radius 2 is 0.490 bits per heavy atom. The largest absolute Gasteiger partial charge is 0.472 e. The highest BCUT2D eigenvalue weighted by Crippen LogP contribution is 2.45. The molecule has 0 aliphatic heterocycles. The number of aliphatic hydroxyl groups excluding tert-OH is 1. The molecule has 0 bridgehead atoms. The van der Waals surface area contributed by atoms with Gasteiger partial charge in [0.05, 0.1) is 26.4 Å². The summed E-state index contributed by atoms with van der Waals surface area (Å²) < 4.78 is 68.8. The Kier molecular flexibility index (Phi) is 73.7. The van der Waals surface area contributed by atoms with Crippen LogP contribution in [-0.4, -0.2) is 96.7 Å². The summed E-state index contributed by atoms with van der Waals surface area (Å²) in [6.07, 6.45) is 65.4. The summed E-state index contributed by atoms with van der Waals surface area (Å²) >= 11 is 0. The Morgan fingerprint density at radius 1 is 0.279 bits per heavy atom. The molecule has 3 N–H and O–H groups in total. The predicted molar refractivity (Wildman–Crippen MR) is 428 cm³/mol. The minimum absolute atomic E-state index is 0.106. The number of phosphoric acid groups is 2. The first kappa shape index (κ1) is 102. The van der Waals surface area contributed by atoms with E-state index in [4.69, 9.17) is 37.0 Å². The van der Waals surface area contributed by atoms with Crippen molar-refractivity contribution in [3.63, 3.8) is 0 Å². The summed E-state index contributed by atoms with van der Waals surface area (Å²) in [6.45, 7) is 12.0. The summed E-state index contributed by atoms with van der Waals surface area (Å²) in [7, 11) is -9.92. The molecule has 7 atom stereocenters. The SMILES string of the molecule is CCCCCCCCCCCCCC(=O)O[C@H](COC(=O)CCCCCCCCC(C)CC)COP(=O)(O)OC[C@H](O)COP(=O)(O)OC[C@@H](COC(=O)CCCCCCCCCCCCCCCCCCCCC(C)C)OC(=O)CCCCCCCCCCCCCCCCCCCCC(C)CC. The molecule has 4 unspecified atom stereocenters. The first-order valence-electron chi connectivity index (χ1n) is 43.9. The fraction of sp³-hybridized carbons (Fsp3) is 0.953. The van der Waals surface area contributed by atoms with Crippen molar-refractivity contribution in [2.24, 2.45) is 17.8 Å². The third-order valence-corrected chi connectivity index (χ3v) is 22.5. The van der Waals surface area contributed by atoms with E-state index in [-0.39, 0.29) is 25.7 Å². The van der Waals surface area contributed by atoms with Gasteiger partial charge in [-0.2, -0.15) is 0 Å². The van der Waals surface area contributed by atoms with E-state index in [1.54, 1.807) is 0 Å². The molecule has 0 saturated heterocycles. The van der Waals surface area contributed by atoms with Crippen LogP contribution in [0.25, 0.3) is 0 Å². The van der Waals surface area contributed by atoms with Crippen molar-refractivity contribution in [3.8, 4) is 0 Å². The molecule has 0 fully saturated rings. The zero-order valence-corrected chi connectivity index (χ0v) is 70.3. The lowest BCUT2D eigenvalue weighted by Gasteiger charge is -2.21. The van der Waals surface area contributed by atoms with Gasteiger partial charge in [-0.15, -0.1) is 0 Å². The van der Waals surface area contributed by atoms with E-state index in [2.05, 4.69) is 48.5 Å². The summed E-state index contributed by atoms with van der Waals surface area (Å²) in [5, 5.41) is 10.7. The molecule has 0 aromatic heterocycles. The van der Waals surface area contributed by atoms with E-state index in [9.17, 15) is 43.2 Å². The maximum absolute atomic E-state index is 13.1. The average molecular weight is 1520 g/mol. The first-order chi connectivity index (χ1) is 50.3. The maximum Gasteiger partial charge on any atom is 0.472 e. The molecule has 19 heteroatoms. The standard InChI is InChI=1S/C85H166O17P2/c1-8-11-12-13-14-15-32-40-45-54-61-68-84(89)102-81(73-96-83(88)67-60-53-48-47-51-58-65-78(7)10-3)75-100-104(93,94)98-71-79(86)70-97-103(91,92)99-74-80(72-95-82(87)66-59-52-44-39-35-30-26-22-18-16-20-24-28-33-37-42-49-56-63-76(4)5)101-85(90)69-62-55-46-41-36-31-27-23-19-17-21-25-29-34-38-43-50-57-64-77(6)9-2/h76-81,86H,8-75H2,1-7H3,(H,91,92)(H,93,94)/t77?,78?,79-,80-,81-/m1/s1. The van der Waals surface area contributed by atoms with E-state index in [0.717, 1.165) is 114 Å². The van der Waals surface area contributed by atoms with Gasteiger partial charge in [-0.3, -0.25) is 37.3 Å². The number of carbonyl (C=O) groups excluding carboxylic acids is 4. The molecule has 0 aromatic carbocycles. The molecule has 0 aliphatic rings. The van der Waals surface area contributed by atoms with Crippen LogP contribution >= 0.6 is 15.6 Å². The third kappa shape index (κ3) is 75.5. The maximum atomic E-state index is 13.1. The fourth-order valence-corrected chi connectivity index (χ4v) is 14.7.